The Morgan fingerprint density at radius 3 is 2.44 bits per heavy atom. The van der Waals surface area contributed by atoms with Crippen molar-refractivity contribution in [2.45, 2.75) is 18.9 Å². The van der Waals surface area contributed by atoms with Gasteiger partial charge in [-0.2, -0.15) is 0 Å². The van der Waals surface area contributed by atoms with E-state index in [0.717, 1.165) is 0 Å². The second-order valence-electron chi connectivity index (χ2n) is 3.76. The molecule has 0 aromatic heterocycles. The summed E-state index contributed by atoms with van der Waals surface area (Å²) in [6.45, 7) is 1.13. The van der Waals surface area contributed by atoms with Gasteiger partial charge in [0.25, 0.3) is 0 Å². The number of primary amides is 1. The molecule has 0 aromatic rings. The zero-order valence-corrected chi connectivity index (χ0v) is 8.73. The molecule has 16 heavy (non-hydrogen) atoms. The number of carbonyl (C=O) groups is 3. The number of carboxylic acids is 1. The van der Waals surface area contributed by atoms with E-state index >= 15 is 0 Å². The molecular weight excluding hydrogens is 214 g/mol. The van der Waals surface area contributed by atoms with Gasteiger partial charge >= 0.3 is 5.97 Å². The van der Waals surface area contributed by atoms with Crippen molar-refractivity contribution in [1.29, 1.82) is 0 Å². The minimum atomic E-state index is -1.15. The smallest absolute Gasteiger partial charge is 0.326 e. The Morgan fingerprint density at radius 2 is 2.06 bits per heavy atom. The van der Waals surface area contributed by atoms with Gasteiger partial charge in [-0.25, -0.2) is 4.79 Å². The van der Waals surface area contributed by atoms with Crippen molar-refractivity contribution in [3.05, 3.63) is 0 Å². The van der Waals surface area contributed by atoms with Crippen molar-refractivity contribution in [1.82, 2.24) is 10.6 Å². The highest BCUT2D eigenvalue weighted by molar-refractivity contribution is 5.86. The average molecular weight is 229 g/mol. The Kier molecular flexibility index (Phi) is 4.24. The Bertz CT molecular complexity index is 301. The van der Waals surface area contributed by atoms with Crippen LogP contribution in [0.2, 0.25) is 0 Å². The van der Waals surface area contributed by atoms with E-state index in [1.165, 1.54) is 0 Å². The summed E-state index contributed by atoms with van der Waals surface area (Å²) in [5.41, 5.74) is 4.91. The Morgan fingerprint density at radius 1 is 1.44 bits per heavy atom. The summed E-state index contributed by atoms with van der Waals surface area (Å²) >= 11 is 0. The highest BCUT2D eigenvalue weighted by atomic mass is 16.4. The van der Waals surface area contributed by atoms with Crippen LogP contribution in [0.1, 0.15) is 12.8 Å². The number of amides is 2. The fourth-order valence-corrected chi connectivity index (χ4v) is 1.31. The zero-order valence-electron chi connectivity index (χ0n) is 8.73. The largest absolute Gasteiger partial charge is 0.480 e. The molecular formula is C9H15N3O4. The van der Waals surface area contributed by atoms with E-state index in [9.17, 15) is 14.4 Å². The molecule has 0 radical (unpaired) electrons. The summed E-state index contributed by atoms with van der Waals surface area (Å²) in [4.78, 5) is 32.8. The maximum absolute atomic E-state index is 11.5. The van der Waals surface area contributed by atoms with Gasteiger partial charge in [-0.05, 0) is 6.42 Å². The van der Waals surface area contributed by atoms with Crippen LogP contribution >= 0.6 is 0 Å². The lowest BCUT2D eigenvalue weighted by Crippen LogP contribution is -2.54. The van der Waals surface area contributed by atoms with Gasteiger partial charge in [0.05, 0.1) is 5.92 Å². The molecule has 1 aliphatic rings. The molecule has 90 valence electrons. The summed E-state index contributed by atoms with van der Waals surface area (Å²) in [5.74, 6) is -2.20. The standard InChI is InChI=1S/C9H15N3O4/c10-7(13)2-1-6(9(15)16)12-8(14)5-3-11-4-5/h5-6,11H,1-4H2,(H2,10,13)(H,12,14)(H,15,16)/t6-/m0/s1. The van der Waals surface area contributed by atoms with Crippen LogP contribution in [0.25, 0.3) is 0 Å². The number of carboxylic acid groups (broad SMARTS) is 1. The molecule has 0 saturated carbocycles. The molecule has 1 aliphatic heterocycles. The van der Waals surface area contributed by atoms with Crippen LogP contribution in [0.5, 0.6) is 0 Å². The van der Waals surface area contributed by atoms with E-state index in [0.29, 0.717) is 13.1 Å². The molecule has 1 rings (SSSR count). The van der Waals surface area contributed by atoms with Crippen LogP contribution in [-0.2, 0) is 14.4 Å². The van der Waals surface area contributed by atoms with Crippen LogP contribution in [0, 0.1) is 5.92 Å². The molecule has 5 N–H and O–H groups in total. The lowest BCUT2D eigenvalue weighted by molar-refractivity contribution is -0.143. The van der Waals surface area contributed by atoms with Crippen LogP contribution in [0.3, 0.4) is 0 Å². The molecule has 7 nitrogen and oxygen atoms in total. The summed E-state index contributed by atoms with van der Waals surface area (Å²) in [7, 11) is 0. The molecule has 2 amide bonds. The normalized spacial score (nSPS) is 17.2. The van der Waals surface area contributed by atoms with Gasteiger partial charge in [0.1, 0.15) is 6.04 Å². The van der Waals surface area contributed by atoms with Crippen LogP contribution in [0.4, 0.5) is 0 Å². The Hall–Kier alpha value is -1.63. The first-order valence-corrected chi connectivity index (χ1v) is 5.03. The third kappa shape index (κ3) is 3.50. The monoisotopic (exact) mass is 229 g/mol. The molecule has 0 aliphatic carbocycles. The predicted octanol–water partition coefficient (Wildman–Crippen LogP) is -1.96. The van der Waals surface area contributed by atoms with Gasteiger partial charge in [-0.1, -0.05) is 0 Å². The van der Waals surface area contributed by atoms with E-state index in [4.69, 9.17) is 10.8 Å². The molecule has 0 aromatic carbocycles. The number of hydrogen-bond donors (Lipinski definition) is 4. The Balaban J connectivity index is 2.40. The second kappa shape index (κ2) is 5.45. The second-order valence-corrected chi connectivity index (χ2v) is 3.76. The van der Waals surface area contributed by atoms with Gasteiger partial charge in [0, 0.05) is 19.5 Å². The summed E-state index contributed by atoms with van der Waals surface area (Å²) < 4.78 is 0. The van der Waals surface area contributed by atoms with Gasteiger partial charge < -0.3 is 21.5 Å². The highest BCUT2D eigenvalue weighted by Crippen LogP contribution is 2.05. The minimum Gasteiger partial charge on any atom is -0.480 e. The summed E-state index contributed by atoms with van der Waals surface area (Å²) in [5, 5.41) is 14.1. The van der Waals surface area contributed by atoms with Crippen LogP contribution in [-0.4, -0.2) is 42.0 Å². The predicted molar refractivity (Wildman–Crippen MR) is 54.4 cm³/mol. The van der Waals surface area contributed by atoms with Crippen molar-refractivity contribution in [2.24, 2.45) is 11.7 Å². The maximum Gasteiger partial charge on any atom is 0.326 e. The fourth-order valence-electron chi connectivity index (χ4n) is 1.31. The number of nitrogens with two attached hydrogens (primary N) is 1. The number of rotatable bonds is 6. The molecule has 0 spiro atoms. The van der Waals surface area contributed by atoms with Gasteiger partial charge in [0.2, 0.25) is 11.8 Å². The van der Waals surface area contributed by atoms with Crippen molar-refractivity contribution < 1.29 is 19.5 Å². The van der Waals surface area contributed by atoms with Crippen molar-refractivity contribution in [3.63, 3.8) is 0 Å². The molecule has 1 fully saturated rings. The highest BCUT2D eigenvalue weighted by Gasteiger charge is 2.28. The van der Waals surface area contributed by atoms with E-state index in [2.05, 4.69) is 10.6 Å². The number of carbonyl (C=O) groups excluding carboxylic acids is 2. The topological polar surface area (TPSA) is 122 Å². The van der Waals surface area contributed by atoms with Gasteiger partial charge in [-0.3, -0.25) is 9.59 Å². The average Bonchev–Trinajstić information content (AvgIpc) is 2.08. The van der Waals surface area contributed by atoms with Gasteiger partial charge in [-0.15, -0.1) is 0 Å². The number of aliphatic carboxylic acids is 1. The summed E-state index contributed by atoms with van der Waals surface area (Å²) in [6, 6.07) is -1.04. The Labute approximate surface area is 92.4 Å². The molecule has 1 saturated heterocycles. The van der Waals surface area contributed by atoms with E-state index in [1.807, 2.05) is 0 Å². The van der Waals surface area contributed by atoms with E-state index < -0.39 is 17.9 Å². The number of nitrogens with one attached hydrogen (secondary N) is 2. The lowest BCUT2D eigenvalue weighted by Gasteiger charge is -2.27. The third-order valence-electron chi connectivity index (χ3n) is 2.45. The molecule has 1 atom stereocenters. The van der Waals surface area contributed by atoms with E-state index in [1.54, 1.807) is 0 Å². The molecule has 0 bridgehead atoms. The fraction of sp³-hybridized carbons (Fsp3) is 0.667. The third-order valence-corrected chi connectivity index (χ3v) is 2.45. The van der Waals surface area contributed by atoms with Crippen molar-refractivity contribution in [3.8, 4) is 0 Å². The van der Waals surface area contributed by atoms with Crippen LogP contribution < -0.4 is 16.4 Å². The van der Waals surface area contributed by atoms with Crippen molar-refractivity contribution in [2.75, 3.05) is 13.1 Å². The summed E-state index contributed by atoms with van der Waals surface area (Å²) in [6.07, 6.45) is -0.0310. The molecule has 7 heteroatoms. The number of hydrogen-bond acceptors (Lipinski definition) is 4. The first-order valence-electron chi connectivity index (χ1n) is 5.03. The zero-order chi connectivity index (χ0) is 12.1. The maximum atomic E-state index is 11.5. The van der Waals surface area contributed by atoms with Crippen molar-refractivity contribution >= 4 is 17.8 Å². The molecule has 0 unspecified atom stereocenters. The SMILES string of the molecule is NC(=O)CC[C@H](NC(=O)C1CNC1)C(=O)O. The first kappa shape index (κ1) is 12.4. The van der Waals surface area contributed by atoms with E-state index in [-0.39, 0.29) is 24.7 Å². The first-order chi connectivity index (χ1) is 7.50. The minimum absolute atomic E-state index is 0.0244. The van der Waals surface area contributed by atoms with Gasteiger partial charge in [0.15, 0.2) is 0 Å². The van der Waals surface area contributed by atoms with Crippen LogP contribution in [0.15, 0.2) is 0 Å². The lowest BCUT2D eigenvalue weighted by atomic mass is 10.0. The quantitative estimate of drug-likeness (QED) is 0.421. The molecule has 1 heterocycles.